The van der Waals surface area contributed by atoms with Crippen molar-refractivity contribution >= 4 is 17.5 Å². The van der Waals surface area contributed by atoms with Gasteiger partial charge in [-0.1, -0.05) is 48.0 Å². The second kappa shape index (κ2) is 8.11. The van der Waals surface area contributed by atoms with Crippen molar-refractivity contribution < 1.29 is 9.59 Å². The van der Waals surface area contributed by atoms with E-state index in [0.717, 1.165) is 34.4 Å². The molecule has 0 unspecified atom stereocenters. The van der Waals surface area contributed by atoms with Gasteiger partial charge in [0, 0.05) is 18.8 Å². The van der Waals surface area contributed by atoms with E-state index in [9.17, 15) is 9.59 Å². The van der Waals surface area contributed by atoms with Crippen LogP contribution in [0.3, 0.4) is 0 Å². The summed E-state index contributed by atoms with van der Waals surface area (Å²) in [6.45, 7) is 7.18. The Hall–Kier alpha value is -3.47. The first-order chi connectivity index (χ1) is 14.4. The molecule has 152 valence electrons. The van der Waals surface area contributed by atoms with Crippen molar-refractivity contribution in [3.05, 3.63) is 93.8 Å². The molecule has 4 rings (SSSR count). The SMILES string of the molecule is Cc1cc(C)c(NC(=O)c2cccc(C(=O)N3CCc4ccccc4C3)n2)c(C)c1. The van der Waals surface area contributed by atoms with Gasteiger partial charge in [-0.3, -0.25) is 9.59 Å². The van der Waals surface area contributed by atoms with E-state index in [-0.39, 0.29) is 17.5 Å². The number of benzene rings is 2. The summed E-state index contributed by atoms with van der Waals surface area (Å²) in [4.78, 5) is 32.0. The van der Waals surface area contributed by atoms with E-state index in [1.807, 2.05) is 45.0 Å². The van der Waals surface area contributed by atoms with E-state index in [1.165, 1.54) is 5.56 Å². The third kappa shape index (κ3) is 3.96. The van der Waals surface area contributed by atoms with E-state index in [2.05, 4.69) is 22.4 Å². The molecular weight excluding hydrogens is 374 g/mol. The molecule has 0 aliphatic carbocycles. The molecular formula is C25H25N3O2. The van der Waals surface area contributed by atoms with Crippen LogP contribution in [0.5, 0.6) is 0 Å². The van der Waals surface area contributed by atoms with Crippen molar-refractivity contribution in [1.29, 1.82) is 0 Å². The predicted octanol–water partition coefficient (Wildman–Crippen LogP) is 4.46. The highest BCUT2D eigenvalue weighted by Gasteiger charge is 2.23. The third-order valence-corrected chi connectivity index (χ3v) is 5.53. The normalized spacial score (nSPS) is 13.0. The summed E-state index contributed by atoms with van der Waals surface area (Å²) in [7, 11) is 0. The lowest BCUT2D eigenvalue weighted by molar-refractivity contribution is 0.0728. The maximum absolute atomic E-state index is 13.0. The number of amides is 2. The molecule has 1 N–H and O–H groups in total. The number of anilines is 1. The van der Waals surface area contributed by atoms with Gasteiger partial charge in [-0.05, 0) is 61.6 Å². The highest BCUT2D eigenvalue weighted by molar-refractivity contribution is 6.04. The summed E-state index contributed by atoms with van der Waals surface area (Å²) in [5.41, 5.74) is 6.91. The minimum absolute atomic E-state index is 0.151. The van der Waals surface area contributed by atoms with Crippen LogP contribution in [0.4, 0.5) is 5.69 Å². The molecule has 0 atom stereocenters. The van der Waals surface area contributed by atoms with Crippen LogP contribution in [0, 0.1) is 20.8 Å². The van der Waals surface area contributed by atoms with Gasteiger partial charge in [0.15, 0.2) is 0 Å². The van der Waals surface area contributed by atoms with E-state index in [4.69, 9.17) is 0 Å². The van der Waals surface area contributed by atoms with Gasteiger partial charge < -0.3 is 10.2 Å². The summed E-state index contributed by atoms with van der Waals surface area (Å²) in [5.74, 6) is -0.467. The fourth-order valence-electron chi connectivity index (χ4n) is 4.07. The lowest BCUT2D eigenvalue weighted by atomic mass is 10.00. The van der Waals surface area contributed by atoms with Gasteiger partial charge in [-0.15, -0.1) is 0 Å². The van der Waals surface area contributed by atoms with Crippen molar-refractivity contribution in [3.63, 3.8) is 0 Å². The fraction of sp³-hybridized carbons (Fsp3) is 0.240. The summed E-state index contributed by atoms with van der Waals surface area (Å²) in [5, 5.41) is 2.95. The molecule has 1 aromatic heterocycles. The molecule has 1 aliphatic rings. The number of fused-ring (bicyclic) bond motifs is 1. The quantitative estimate of drug-likeness (QED) is 0.707. The smallest absolute Gasteiger partial charge is 0.274 e. The van der Waals surface area contributed by atoms with Crippen LogP contribution in [0.2, 0.25) is 0 Å². The Bertz CT molecular complexity index is 1110. The highest BCUT2D eigenvalue weighted by Crippen LogP contribution is 2.23. The minimum Gasteiger partial charge on any atom is -0.333 e. The molecule has 2 aromatic carbocycles. The van der Waals surface area contributed by atoms with Gasteiger partial charge in [0.05, 0.1) is 0 Å². The van der Waals surface area contributed by atoms with Gasteiger partial charge >= 0.3 is 0 Å². The van der Waals surface area contributed by atoms with Gasteiger partial charge in [0.25, 0.3) is 11.8 Å². The number of hydrogen-bond acceptors (Lipinski definition) is 3. The molecule has 30 heavy (non-hydrogen) atoms. The van der Waals surface area contributed by atoms with E-state index in [1.54, 1.807) is 23.1 Å². The van der Waals surface area contributed by atoms with Crippen LogP contribution in [-0.4, -0.2) is 28.2 Å². The van der Waals surface area contributed by atoms with Crippen molar-refractivity contribution in [2.24, 2.45) is 0 Å². The first kappa shape index (κ1) is 19.8. The van der Waals surface area contributed by atoms with Crippen LogP contribution in [0.1, 0.15) is 48.8 Å². The number of carbonyl (C=O) groups excluding carboxylic acids is 2. The number of hydrogen-bond donors (Lipinski definition) is 1. The molecule has 0 saturated heterocycles. The third-order valence-electron chi connectivity index (χ3n) is 5.53. The molecule has 2 heterocycles. The standard InChI is InChI=1S/C25H25N3O2/c1-16-13-17(2)23(18(3)14-16)27-24(29)21-9-6-10-22(26-21)25(30)28-12-11-19-7-4-5-8-20(19)15-28/h4-10,13-14H,11-12,15H2,1-3H3,(H,27,29). The number of pyridine rings is 1. The Balaban J connectivity index is 1.53. The number of nitrogens with zero attached hydrogens (tertiary/aromatic N) is 2. The summed E-state index contributed by atoms with van der Waals surface area (Å²) >= 11 is 0. The summed E-state index contributed by atoms with van der Waals surface area (Å²) in [6, 6.07) is 17.3. The maximum Gasteiger partial charge on any atom is 0.274 e. The predicted molar refractivity (Wildman–Crippen MR) is 118 cm³/mol. The molecule has 0 spiro atoms. The van der Waals surface area contributed by atoms with E-state index in [0.29, 0.717) is 18.8 Å². The zero-order chi connectivity index (χ0) is 21.3. The number of carbonyl (C=O) groups is 2. The number of nitrogens with one attached hydrogen (secondary N) is 1. The number of aryl methyl sites for hydroxylation is 3. The van der Waals surface area contributed by atoms with Crippen molar-refractivity contribution in [2.45, 2.75) is 33.7 Å². The molecule has 0 bridgehead atoms. The molecule has 5 heteroatoms. The average molecular weight is 399 g/mol. The topological polar surface area (TPSA) is 62.3 Å². The summed E-state index contributed by atoms with van der Waals surface area (Å²) < 4.78 is 0. The molecule has 0 saturated carbocycles. The lowest BCUT2D eigenvalue weighted by Crippen LogP contribution is -2.36. The van der Waals surface area contributed by atoms with Crippen LogP contribution in [-0.2, 0) is 13.0 Å². The number of aromatic nitrogens is 1. The van der Waals surface area contributed by atoms with Crippen molar-refractivity contribution in [1.82, 2.24) is 9.88 Å². The second-order valence-corrected chi connectivity index (χ2v) is 7.88. The van der Waals surface area contributed by atoms with Crippen molar-refractivity contribution in [3.8, 4) is 0 Å². The largest absolute Gasteiger partial charge is 0.333 e. The fourth-order valence-corrected chi connectivity index (χ4v) is 4.07. The zero-order valence-electron chi connectivity index (χ0n) is 17.5. The Labute approximate surface area is 176 Å². The van der Waals surface area contributed by atoms with E-state index < -0.39 is 0 Å². The van der Waals surface area contributed by atoms with Crippen LogP contribution in [0.15, 0.2) is 54.6 Å². The molecule has 0 fully saturated rings. The highest BCUT2D eigenvalue weighted by atomic mass is 16.2. The van der Waals surface area contributed by atoms with Crippen LogP contribution < -0.4 is 5.32 Å². The molecule has 3 aromatic rings. The monoisotopic (exact) mass is 399 g/mol. The molecule has 5 nitrogen and oxygen atoms in total. The number of rotatable bonds is 3. The minimum atomic E-state index is -0.316. The Morgan fingerprint density at radius 1 is 0.900 bits per heavy atom. The molecule has 2 amide bonds. The van der Waals surface area contributed by atoms with Crippen molar-refractivity contribution in [2.75, 3.05) is 11.9 Å². The Morgan fingerprint density at radius 3 is 2.30 bits per heavy atom. The maximum atomic E-state index is 13.0. The van der Waals surface area contributed by atoms with Gasteiger partial charge in [-0.2, -0.15) is 0 Å². The van der Waals surface area contributed by atoms with Crippen LogP contribution >= 0.6 is 0 Å². The Kier molecular flexibility index (Phi) is 5.36. The van der Waals surface area contributed by atoms with Gasteiger partial charge in [0.1, 0.15) is 11.4 Å². The second-order valence-electron chi connectivity index (χ2n) is 7.88. The van der Waals surface area contributed by atoms with Gasteiger partial charge in [0.2, 0.25) is 0 Å². The lowest BCUT2D eigenvalue weighted by Gasteiger charge is -2.28. The van der Waals surface area contributed by atoms with Crippen LogP contribution in [0.25, 0.3) is 0 Å². The zero-order valence-corrected chi connectivity index (χ0v) is 17.5. The Morgan fingerprint density at radius 2 is 1.57 bits per heavy atom. The first-order valence-corrected chi connectivity index (χ1v) is 10.1. The summed E-state index contributed by atoms with van der Waals surface area (Å²) in [6.07, 6.45) is 0.827. The van der Waals surface area contributed by atoms with Gasteiger partial charge in [-0.25, -0.2) is 4.98 Å². The van der Waals surface area contributed by atoms with E-state index >= 15 is 0 Å². The molecule has 0 radical (unpaired) electrons. The first-order valence-electron chi connectivity index (χ1n) is 10.1. The average Bonchev–Trinajstić information content (AvgIpc) is 2.75. The molecule has 1 aliphatic heterocycles.